The maximum absolute atomic E-state index is 13.1. The highest BCUT2D eigenvalue weighted by atomic mass is 32.2. The van der Waals surface area contributed by atoms with Crippen LogP contribution in [0, 0.1) is 0 Å². The first kappa shape index (κ1) is 25.4. The van der Waals surface area contributed by atoms with Gasteiger partial charge in [-0.2, -0.15) is 4.31 Å². The maximum atomic E-state index is 13.1. The van der Waals surface area contributed by atoms with E-state index in [2.05, 4.69) is 42.5 Å². The van der Waals surface area contributed by atoms with Gasteiger partial charge in [0.05, 0.1) is 15.1 Å². The Balaban J connectivity index is 1.42. The lowest BCUT2D eigenvalue weighted by atomic mass is 10.2. The lowest BCUT2D eigenvalue weighted by molar-refractivity contribution is 0.0746. The number of hydrogen-bond acceptors (Lipinski definition) is 7. The molecular weight excluding hydrogens is 501 g/mol. The maximum Gasteiger partial charge on any atom is 0.253 e. The second kappa shape index (κ2) is 10.9. The number of nitrogens with zero attached hydrogens (tertiary/aromatic N) is 4. The summed E-state index contributed by atoms with van der Waals surface area (Å²) in [6.07, 6.45) is 5.13. The van der Waals surface area contributed by atoms with Gasteiger partial charge < -0.3 is 9.80 Å². The van der Waals surface area contributed by atoms with Crippen molar-refractivity contribution < 1.29 is 13.2 Å². The van der Waals surface area contributed by atoms with E-state index in [1.165, 1.54) is 38.2 Å². The summed E-state index contributed by atoms with van der Waals surface area (Å²) in [5.41, 5.74) is 1.51. The number of thioether (sulfide) groups is 1. The number of thiazole rings is 1. The SMILES string of the molecule is C=CCN(CC=C)S(=O)(=O)c1ccc(C(=O)N2CCN(c3nc4c(SC)cccc4s3)CC2)cc1. The molecule has 7 nitrogen and oxygen atoms in total. The van der Waals surface area contributed by atoms with E-state index in [1.807, 2.05) is 4.90 Å². The Labute approximate surface area is 214 Å². The van der Waals surface area contributed by atoms with E-state index in [0.29, 0.717) is 31.7 Å². The molecule has 1 amide bonds. The van der Waals surface area contributed by atoms with Crippen LogP contribution in [0.25, 0.3) is 10.2 Å². The van der Waals surface area contributed by atoms with Gasteiger partial charge in [-0.25, -0.2) is 13.4 Å². The molecule has 1 aliphatic rings. The highest BCUT2D eigenvalue weighted by molar-refractivity contribution is 7.98. The van der Waals surface area contributed by atoms with Crippen LogP contribution in [-0.2, 0) is 10.0 Å². The molecule has 3 aromatic rings. The van der Waals surface area contributed by atoms with Crippen molar-refractivity contribution in [2.45, 2.75) is 9.79 Å². The highest BCUT2D eigenvalue weighted by Crippen LogP contribution is 2.34. The molecule has 0 bridgehead atoms. The molecule has 0 spiro atoms. The molecule has 2 heterocycles. The van der Waals surface area contributed by atoms with Crippen LogP contribution in [0.5, 0.6) is 0 Å². The van der Waals surface area contributed by atoms with Crippen LogP contribution in [0.2, 0.25) is 0 Å². The Kier molecular flexibility index (Phi) is 7.95. The topological polar surface area (TPSA) is 73.8 Å². The second-order valence-electron chi connectivity index (χ2n) is 8.01. The van der Waals surface area contributed by atoms with Crippen LogP contribution in [0.3, 0.4) is 0 Å². The summed E-state index contributed by atoms with van der Waals surface area (Å²) < 4.78 is 28.2. The summed E-state index contributed by atoms with van der Waals surface area (Å²) in [4.78, 5) is 23.3. The second-order valence-corrected chi connectivity index (χ2v) is 11.8. The minimum Gasteiger partial charge on any atom is -0.345 e. The zero-order valence-electron chi connectivity index (χ0n) is 19.6. The lowest BCUT2D eigenvalue weighted by Gasteiger charge is -2.34. The number of fused-ring (bicyclic) bond motifs is 1. The Morgan fingerprint density at radius 3 is 2.34 bits per heavy atom. The number of benzene rings is 2. The van der Waals surface area contributed by atoms with Crippen LogP contribution in [0.4, 0.5) is 5.13 Å². The van der Waals surface area contributed by atoms with Gasteiger partial charge in [0.25, 0.3) is 5.91 Å². The van der Waals surface area contributed by atoms with Gasteiger partial charge in [0, 0.05) is 49.7 Å². The van der Waals surface area contributed by atoms with Gasteiger partial charge in [-0.3, -0.25) is 4.79 Å². The Morgan fingerprint density at radius 2 is 1.74 bits per heavy atom. The fourth-order valence-electron chi connectivity index (χ4n) is 3.97. The normalized spacial score (nSPS) is 14.5. The van der Waals surface area contributed by atoms with Crippen molar-refractivity contribution in [3.8, 4) is 0 Å². The monoisotopic (exact) mass is 528 g/mol. The average molecular weight is 529 g/mol. The van der Waals surface area contributed by atoms with E-state index in [0.717, 1.165) is 10.6 Å². The molecule has 1 fully saturated rings. The number of carbonyl (C=O) groups is 1. The molecule has 4 rings (SSSR count). The number of rotatable bonds is 9. The van der Waals surface area contributed by atoms with Gasteiger partial charge >= 0.3 is 0 Å². The summed E-state index contributed by atoms with van der Waals surface area (Å²) in [7, 11) is -3.69. The zero-order valence-corrected chi connectivity index (χ0v) is 22.0. The molecule has 184 valence electrons. The summed E-state index contributed by atoms with van der Waals surface area (Å²) >= 11 is 3.37. The van der Waals surface area contributed by atoms with Crippen LogP contribution >= 0.6 is 23.1 Å². The van der Waals surface area contributed by atoms with E-state index >= 15 is 0 Å². The molecule has 0 radical (unpaired) electrons. The standard InChI is InChI=1S/C25H28N4O3S3/c1-4-13-29(14-5-2)35(31,32)20-11-9-19(10-12-20)24(30)27-15-17-28(18-16-27)25-26-23-21(33-3)7-6-8-22(23)34-25/h4-12H,1-2,13-18H2,3H3. The van der Waals surface area contributed by atoms with Gasteiger partial charge in [0.2, 0.25) is 10.0 Å². The predicted molar refractivity (Wildman–Crippen MR) is 145 cm³/mol. The summed E-state index contributed by atoms with van der Waals surface area (Å²) in [6, 6.07) is 12.4. The molecule has 1 saturated heterocycles. The number of amides is 1. The molecule has 0 unspecified atom stereocenters. The van der Waals surface area contributed by atoms with Gasteiger partial charge in [0.1, 0.15) is 0 Å². The first-order chi connectivity index (χ1) is 16.9. The lowest BCUT2D eigenvalue weighted by Crippen LogP contribution is -2.48. The first-order valence-electron chi connectivity index (χ1n) is 11.2. The van der Waals surface area contributed by atoms with Crippen molar-refractivity contribution in [3.63, 3.8) is 0 Å². The molecule has 35 heavy (non-hydrogen) atoms. The summed E-state index contributed by atoms with van der Waals surface area (Å²) in [5.74, 6) is -0.100. The van der Waals surface area contributed by atoms with Gasteiger partial charge in [-0.05, 0) is 42.7 Å². The number of piperazine rings is 1. The Bertz CT molecular complexity index is 1320. The fraction of sp³-hybridized carbons (Fsp3) is 0.280. The average Bonchev–Trinajstić information content (AvgIpc) is 3.33. The molecule has 0 atom stereocenters. The first-order valence-corrected chi connectivity index (χ1v) is 14.7. The van der Waals surface area contributed by atoms with E-state index in [1.54, 1.807) is 35.2 Å². The van der Waals surface area contributed by atoms with Crippen LogP contribution in [0.1, 0.15) is 10.4 Å². The van der Waals surface area contributed by atoms with Crippen molar-refractivity contribution in [1.82, 2.24) is 14.2 Å². The summed E-state index contributed by atoms with van der Waals surface area (Å²) in [6.45, 7) is 10.2. The minimum absolute atomic E-state index is 0.100. The number of para-hydroxylation sites is 1. The largest absolute Gasteiger partial charge is 0.345 e. The van der Waals surface area contributed by atoms with Crippen molar-refractivity contribution in [2.24, 2.45) is 0 Å². The third kappa shape index (κ3) is 5.30. The van der Waals surface area contributed by atoms with Crippen LogP contribution < -0.4 is 4.90 Å². The zero-order chi connectivity index (χ0) is 25.0. The molecule has 10 heteroatoms. The molecule has 2 aromatic carbocycles. The molecule has 1 aliphatic heterocycles. The third-order valence-corrected chi connectivity index (χ3v) is 9.53. The molecular formula is C25H28N4O3S3. The van der Waals surface area contributed by atoms with Crippen LogP contribution in [0.15, 0.2) is 77.6 Å². The van der Waals surface area contributed by atoms with Crippen LogP contribution in [-0.4, -0.2) is 74.0 Å². The van der Waals surface area contributed by atoms with Gasteiger partial charge in [-0.1, -0.05) is 29.6 Å². The Morgan fingerprint density at radius 1 is 1.09 bits per heavy atom. The van der Waals surface area contributed by atoms with E-state index in [4.69, 9.17) is 4.98 Å². The predicted octanol–water partition coefficient (Wildman–Crippen LogP) is 4.34. The number of hydrogen-bond donors (Lipinski definition) is 0. The number of anilines is 1. The number of aromatic nitrogens is 1. The molecule has 0 aliphatic carbocycles. The Hall–Kier alpha value is -2.66. The van der Waals surface area contributed by atoms with Crippen molar-refractivity contribution in [3.05, 3.63) is 73.3 Å². The van der Waals surface area contributed by atoms with Crippen molar-refractivity contribution in [2.75, 3.05) is 50.4 Å². The van der Waals surface area contributed by atoms with Crippen molar-refractivity contribution >= 4 is 54.4 Å². The highest BCUT2D eigenvalue weighted by Gasteiger charge is 2.26. The molecule has 1 aromatic heterocycles. The van der Waals surface area contributed by atoms with Gasteiger partial charge in [0.15, 0.2) is 5.13 Å². The smallest absolute Gasteiger partial charge is 0.253 e. The number of sulfonamides is 1. The summed E-state index contributed by atoms with van der Waals surface area (Å²) in [5, 5.41) is 0.978. The molecule has 0 saturated carbocycles. The van der Waals surface area contributed by atoms with Crippen molar-refractivity contribution in [1.29, 1.82) is 0 Å². The van der Waals surface area contributed by atoms with E-state index < -0.39 is 10.0 Å². The molecule has 0 N–H and O–H groups in total. The third-order valence-electron chi connectivity index (χ3n) is 5.83. The number of carbonyl (C=O) groups excluding carboxylic acids is 1. The fourth-order valence-corrected chi connectivity index (χ4v) is 7.03. The van der Waals surface area contributed by atoms with E-state index in [9.17, 15) is 13.2 Å². The minimum atomic E-state index is -3.69. The van der Waals surface area contributed by atoms with Gasteiger partial charge in [-0.15, -0.1) is 24.9 Å². The van der Waals surface area contributed by atoms with E-state index in [-0.39, 0.29) is 23.9 Å². The quantitative estimate of drug-likeness (QED) is 0.304.